The molecule has 2 rings (SSSR count). The highest BCUT2D eigenvalue weighted by molar-refractivity contribution is 5.79. The summed E-state index contributed by atoms with van der Waals surface area (Å²) in [6.07, 6.45) is 0.802. The van der Waals surface area contributed by atoms with E-state index in [0.29, 0.717) is 30.9 Å². The molecule has 2 aromatic rings. The van der Waals surface area contributed by atoms with Gasteiger partial charge in [0.15, 0.2) is 0 Å². The predicted octanol–water partition coefficient (Wildman–Crippen LogP) is 3.20. The number of aromatic nitrogens is 2. The van der Waals surface area contributed by atoms with E-state index < -0.39 is 0 Å². The molecule has 0 aliphatic rings. The van der Waals surface area contributed by atoms with E-state index >= 15 is 0 Å². The number of rotatable bonds is 7. The van der Waals surface area contributed by atoms with Gasteiger partial charge in [-0.3, -0.25) is 9.48 Å². The maximum atomic E-state index is 13.5. The minimum absolute atomic E-state index is 0.0540. The first-order valence-corrected chi connectivity index (χ1v) is 8.41. The Balaban J connectivity index is 1.91. The summed E-state index contributed by atoms with van der Waals surface area (Å²) in [7, 11) is 0. The van der Waals surface area contributed by atoms with Crippen LogP contribution in [0.1, 0.15) is 36.4 Å². The van der Waals surface area contributed by atoms with Crippen LogP contribution in [0.4, 0.5) is 4.39 Å². The molecule has 1 heterocycles. The molecule has 5 heteroatoms. The van der Waals surface area contributed by atoms with Crippen molar-refractivity contribution in [1.82, 2.24) is 15.1 Å². The quantitative estimate of drug-likeness (QED) is 0.847. The summed E-state index contributed by atoms with van der Waals surface area (Å²) in [5.41, 5.74) is 3.55. The first-order chi connectivity index (χ1) is 11.4. The fourth-order valence-electron chi connectivity index (χ4n) is 2.77. The maximum Gasteiger partial charge on any atom is 0.224 e. The van der Waals surface area contributed by atoms with Crippen LogP contribution in [0.5, 0.6) is 0 Å². The molecule has 0 fully saturated rings. The van der Waals surface area contributed by atoms with Gasteiger partial charge in [-0.2, -0.15) is 5.10 Å². The van der Waals surface area contributed by atoms with Crippen LogP contribution in [0.15, 0.2) is 24.3 Å². The van der Waals surface area contributed by atoms with Crippen LogP contribution in [-0.2, 0) is 24.2 Å². The van der Waals surface area contributed by atoms with Crippen molar-refractivity contribution in [2.45, 2.75) is 47.1 Å². The van der Waals surface area contributed by atoms with Gasteiger partial charge < -0.3 is 5.32 Å². The molecule has 1 amide bonds. The molecule has 0 atom stereocenters. The zero-order valence-corrected chi connectivity index (χ0v) is 14.9. The van der Waals surface area contributed by atoms with Crippen LogP contribution >= 0.6 is 0 Å². The Kier molecular flexibility index (Phi) is 6.12. The number of hydrogen-bond donors (Lipinski definition) is 1. The average molecular weight is 331 g/mol. The van der Waals surface area contributed by atoms with Gasteiger partial charge in [0.1, 0.15) is 5.82 Å². The van der Waals surface area contributed by atoms with E-state index in [9.17, 15) is 9.18 Å². The summed E-state index contributed by atoms with van der Waals surface area (Å²) in [6.45, 7) is 9.51. The molecule has 0 spiro atoms. The monoisotopic (exact) mass is 331 g/mol. The molecule has 0 aliphatic heterocycles. The Hall–Kier alpha value is -2.17. The first-order valence-electron chi connectivity index (χ1n) is 8.41. The van der Waals surface area contributed by atoms with E-state index in [1.54, 1.807) is 18.2 Å². The molecule has 0 saturated carbocycles. The molecule has 24 heavy (non-hydrogen) atoms. The molecular formula is C19H26FN3O. The highest BCUT2D eigenvalue weighted by Crippen LogP contribution is 2.15. The van der Waals surface area contributed by atoms with Crippen LogP contribution in [0.25, 0.3) is 0 Å². The zero-order chi connectivity index (χ0) is 17.7. The van der Waals surface area contributed by atoms with Gasteiger partial charge in [-0.15, -0.1) is 0 Å². The van der Waals surface area contributed by atoms with Crippen molar-refractivity contribution in [3.63, 3.8) is 0 Å². The van der Waals surface area contributed by atoms with Gasteiger partial charge >= 0.3 is 0 Å². The van der Waals surface area contributed by atoms with Gasteiger partial charge in [0.05, 0.1) is 12.1 Å². The summed E-state index contributed by atoms with van der Waals surface area (Å²) >= 11 is 0. The molecule has 0 saturated heterocycles. The van der Waals surface area contributed by atoms with E-state index in [1.807, 2.05) is 18.5 Å². The lowest BCUT2D eigenvalue weighted by Crippen LogP contribution is -2.27. The highest BCUT2D eigenvalue weighted by Gasteiger charge is 2.15. The van der Waals surface area contributed by atoms with E-state index in [-0.39, 0.29) is 11.7 Å². The third kappa shape index (κ3) is 4.66. The lowest BCUT2D eigenvalue weighted by molar-refractivity contribution is -0.120. The molecular weight excluding hydrogens is 305 g/mol. The molecule has 4 nitrogen and oxygen atoms in total. The Morgan fingerprint density at radius 1 is 1.29 bits per heavy atom. The SMILES string of the molecule is Cc1nn(CC(C)C)c(C)c1CC(=O)NCCc1ccccc1F. The van der Waals surface area contributed by atoms with Crippen LogP contribution in [0, 0.1) is 25.6 Å². The number of carbonyl (C=O) groups excluding carboxylic acids is 1. The second-order valence-corrected chi connectivity index (χ2v) is 6.59. The van der Waals surface area contributed by atoms with Gasteiger partial charge in [-0.05, 0) is 37.8 Å². The van der Waals surface area contributed by atoms with Gasteiger partial charge in [0.25, 0.3) is 0 Å². The number of nitrogens with zero attached hydrogens (tertiary/aromatic N) is 2. The van der Waals surface area contributed by atoms with Crippen molar-refractivity contribution in [2.24, 2.45) is 5.92 Å². The van der Waals surface area contributed by atoms with Crippen molar-refractivity contribution in [3.8, 4) is 0 Å². The summed E-state index contributed by atoms with van der Waals surface area (Å²) in [5, 5.41) is 7.40. The Bertz CT molecular complexity index is 707. The standard InChI is InChI=1S/C19H26FN3O/c1-13(2)12-23-15(4)17(14(3)22-23)11-19(24)21-10-9-16-7-5-6-8-18(16)20/h5-8,13H,9-12H2,1-4H3,(H,21,24). The fourth-order valence-corrected chi connectivity index (χ4v) is 2.77. The zero-order valence-electron chi connectivity index (χ0n) is 14.9. The normalized spacial score (nSPS) is 11.1. The van der Waals surface area contributed by atoms with Gasteiger partial charge in [0.2, 0.25) is 5.91 Å². The van der Waals surface area contributed by atoms with Crippen molar-refractivity contribution in [1.29, 1.82) is 0 Å². The number of halogens is 1. The van der Waals surface area contributed by atoms with Gasteiger partial charge in [-0.1, -0.05) is 32.0 Å². The molecule has 0 bridgehead atoms. The van der Waals surface area contributed by atoms with Crippen molar-refractivity contribution < 1.29 is 9.18 Å². The van der Waals surface area contributed by atoms with E-state index in [2.05, 4.69) is 24.3 Å². The van der Waals surface area contributed by atoms with E-state index in [0.717, 1.165) is 23.5 Å². The Morgan fingerprint density at radius 3 is 2.67 bits per heavy atom. The van der Waals surface area contributed by atoms with Crippen LogP contribution < -0.4 is 5.32 Å². The molecule has 0 aliphatic carbocycles. The highest BCUT2D eigenvalue weighted by atomic mass is 19.1. The molecule has 0 radical (unpaired) electrons. The third-order valence-electron chi connectivity index (χ3n) is 4.08. The number of hydrogen-bond acceptors (Lipinski definition) is 2. The molecule has 1 aromatic heterocycles. The number of nitrogens with one attached hydrogen (secondary N) is 1. The number of aryl methyl sites for hydroxylation is 1. The molecule has 1 aromatic carbocycles. The Morgan fingerprint density at radius 2 is 2.00 bits per heavy atom. The van der Waals surface area contributed by atoms with Crippen molar-refractivity contribution in [2.75, 3.05) is 6.54 Å². The predicted molar refractivity (Wildman–Crippen MR) is 93.4 cm³/mol. The number of benzene rings is 1. The molecule has 1 N–H and O–H groups in total. The van der Waals surface area contributed by atoms with E-state index in [1.165, 1.54) is 6.07 Å². The van der Waals surface area contributed by atoms with Crippen LogP contribution in [0.2, 0.25) is 0 Å². The second-order valence-electron chi connectivity index (χ2n) is 6.59. The van der Waals surface area contributed by atoms with Gasteiger partial charge in [-0.25, -0.2) is 4.39 Å². The maximum absolute atomic E-state index is 13.5. The summed E-state index contributed by atoms with van der Waals surface area (Å²) < 4.78 is 15.5. The largest absolute Gasteiger partial charge is 0.355 e. The van der Waals surface area contributed by atoms with Crippen LogP contribution in [-0.4, -0.2) is 22.2 Å². The second kappa shape index (κ2) is 8.08. The topological polar surface area (TPSA) is 46.9 Å². The minimum Gasteiger partial charge on any atom is -0.355 e. The third-order valence-corrected chi connectivity index (χ3v) is 4.08. The summed E-state index contributed by atoms with van der Waals surface area (Å²) in [6, 6.07) is 6.65. The summed E-state index contributed by atoms with van der Waals surface area (Å²) in [4.78, 5) is 12.2. The molecule has 0 unspecified atom stereocenters. The first kappa shape index (κ1) is 18.2. The fraction of sp³-hybridized carbons (Fsp3) is 0.474. The smallest absolute Gasteiger partial charge is 0.224 e. The van der Waals surface area contributed by atoms with Crippen LogP contribution in [0.3, 0.4) is 0 Å². The number of carbonyl (C=O) groups is 1. The lowest BCUT2D eigenvalue weighted by Gasteiger charge is -2.09. The number of amides is 1. The van der Waals surface area contributed by atoms with Crippen molar-refractivity contribution in [3.05, 3.63) is 52.6 Å². The van der Waals surface area contributed by atoms with Gasteiger partial charge in [0, 0.05) is 24.3 Å². The summed E-state index contributed by atoms with van der Waals surface area (Å²) in [5.74, 6) is 0.223. The molecule has 130 valence electrons. The lowest BCUT2D eigenvalue weighted by atomic mass is 10.1. The Labute approximate surface area is 143 Å². The average Bonchev–Trinajstić information content (AvgIpc) is 2.76. The van der Waals surface area contributed by atoms with E-state index in [4.69, 9.17) is 0 Å². The minimum atomic E-state index is -0.228. The van der Waals surface area contributed by atoms with Crippen molar-refractivity contribution >= 4 is 5.91 Å².